The zero-order chi connectivity index (χ0) is 19.1. The number of fused-ring (bicyclic) bond motifs is 2. The Kier molecular flexibility index (Phi) is 3.86. The molecule has 0 bridgehead atoms. The third kappa shape index (κ3) is 2.81. The van der Waals surface area contributed by atoms with Gasteiger partial charge in [0.05, 0.1) is 23.5 Å². The SMILES string of the molecule is O=C1c2c(-c3ccncc3)ccnc2CN1CCc1cn2cc(F)ccc2n1. The van der Waals surface area contributed by atoms with Gasteiger partial charge in [-0.05, 0) is 41.5 Å². The third-order valence-corrected chi connectivity index (χ3v) is 4.97. The molecule has 0 atom stereocenters. The molecule has 0 fully saturated rings. The summed E-state index contributed by atoms with van der Waals surface area (Å²) in [6, 6.07) is 8.68. The lowest BCUT2D eigenvalue weighted by molar-refractivity contribution is 0.0780. The molecule has 138 valence electrons. The van der Waals surface area contributed by atoms with Crippen LogP contribution in [0.3, 0.4) is 0 Å². The van der Waals surface area contributed by atoms with Crippen LogP contribution in [0.5, 0.6) is 0 Å². The number of aromatic nitrogens is 4. The van der Waals surface area contributed by atoms with E-state index in [-0.39, 0.29) is 11.7 Å². The summed E-state index contributed by atoms with van der Waals surface area (Å²) in [7, 11) is 0. The molecule has 0 aromatic carbocycles. The van der Waals surface area contributed by atoms with Crippen LogP contribution in [0, 0.1) is 5.82 Å². The van der Waals surface area contributed by atoms with Crippen LogP contribution in [0.4, 0.5) is 4.39 Å². The normalized spacial score (nSPS) is 13.3. The highest BCUT2D eigenvalue weighted by Crippen LogP contribution is 2.31. The van der Waals surface area contributed by atoms with Gasteiger partial charge in [-0.2, -0.15) is 0 Å². The van der Waals surface area contributed by atoms with Gasteiger partial charge >= 0.3 is 0 Å². The third-order valence-electron chi connectivity index (χ3n) is 4.97. The van der Waals surface area contributed by atoms with E-state index >= 15 is 0 Å². The van der Waals surface area contributed by atoms with E-state index in [1.807, 2.05) is 18.2 Å². The van der Waals surface area contributed by atoms with Crippen molar-refractivity contribution in [3.63, 3.8) is 0 Å². The Hall–Kier alpha value is -3.61. The zero-order valence-corrected chi connectivity index (χ0v) is 14.9. The van der Waals surface area contributed by atoms with Crippen molar-refractivity contribution in [2.45, 2.75) is 13.0 Å². The highest BCUT2D eigenvalue weighted by molar-refractivity contribution is 6.03. The topological polar surface area (TPSA) is 63.4 Å². The van der Waals surface area contributed by atoms with E-state index in [9.17, 15) is 9.18 Å². The van der Waals surface area contributed by atoms with Crippen LogP contribution in [0.2, 0.25) is 0 Å². The van der Waals surface area contributed by atoms with Gasteiger partial charge < -0.3 is 9.30 Å². The number of hydrogen-bond donors (Lipinski definition) is 0. The fraction of sp³-hybridized carbons (Fsp3) is 0.143. The number of carbonyl (C=O) groups is 1. The molecule has 7 heteroatoms. The summed E-state index contributed by atoms with van der Waals surface area (Å²) < 4.78 is 15.0. The summed E-state index contributed by atoms with van der Waals surface area (Å²) in [6.07, 6.45) is 8.95. The van der Waals surface area contributed by atoms with Gasteiger partial charge in [0.25, 0.3) is 5.91 Å². The van der Waals surface area contributed by atoms with Crippen LogP contribution in [0.25, 0.3) is 16.8 Å². The van der Waals surface area contributed by atoms with E-state index in [4.69, 9.17) is 0 Å². The van der Waals surface area contributed by atoms with E-state index in [0.717, 1.165) is 22.5 Å². The molecule has 1 aliphatic rings. The Labute approximate surface area is 160 Å². The van der Waals surface area contributed by atoms with E-state index < -0.39 is 0 Å². The molecular weight excluding hydrogens is 357 g/mol. The minimum absolute atomic E-state index is 0.0234. The zero-order valence-electron chi connectivity index (χ0n) is 14.9. The van der Waals surface area contributed by atoms with Crippen LogP contribution < -0.4 is 0 Å². The first kappa shape index (κ1) is 16.6. The molecule has 4 aromatic heterocycles. The van der Waals surface area contributed by atoms with Crippen molar-refractivity contribution in [1.82, 2.24) is 24.3 Å². The summed E-state index contributed by atoms with van der Waals surface area (Å²) in [6.45, 7) is 1.01. The molecule has 0 radical (unpaired) electrons. The minimum Gasteiger partial charge on any atom is -0.332 e. The molecule has 6 nitrogen and oxygen atoms in total. The molecule has 5 heterocycles. The number of halogens is 1. The number of carbonyl (C=O) groups excluding carboxylic acids is 1. The standard InChI is InChI=1S/C21H16FN5O/c22-15-1-2-19-25-16(12-27(19)11-15)6-10-26-13-18-20(21(26)28)17(5-9-24-18)14-3-7-23-8-4-14/h1-5,7-9,11-12H,6,10,13H2. The number of imidazole rings is 1. The van der Waals surface area contributed by atoms with Gasteiger partial charge in [0, 0.05) is 43.9 Å². The molecule has 0 spiro atoms. The maximum Gasteiger partial charge on any atom is 0.256 e. The maximum absolute atomic E-state index is 13.3. The first-order chi connectivity index (χ1) is 13.7. The number of rotatable bonds is 4. The first-order valence-electron chi connectivity index (χ1n) is 9.00. The second-order valence-corrected chi connectivity index (χ2v) is 6.74. The summed E-state index contributed by atoms with van der Waals surface area (Å²) >= 11 is 0. The van der Waals surface area contributed by atoms with Crippen LogP contribution in [-0.2, 0) is 13.0 Å². The second-order valence-electron chi connectivity index (χ2n) is 6.74. The Morgan fingerprint density at radius 2 is 1.89 bits per heavy atom. The molecule has 0 N–H and O–H groups in total. The van der Waals surface area contributed by atoms with Gasteiger partial charge in [-0.3, -0.25) is 14.8 Å². The van der Waals surface area contributed by atoms with Gasteiger partial charge in [-0.25, -0.2) is 9.37 Å². The number of hydrogen-bond acceptors (Lipinski definition) is 4. The second kappa shape index (κ2) is 6.53. The first-order valence-corrected chi connectivity index (χ1v) is 9.00. The van der Waals surface area contributed by atoms with E-state index in [1.165, 1.54) is 12.3 Å². The smallest absolute Gasteiger partial charge is 0.256 e. The summed E-state index contributed by atoms with van der Waals surface area (Å²) in [5.74, 6) is -0.332. The van der Waals surface area contributed by atoms with E-state index in [0.29, 0.717) is 30.7 Å². The van der Waals surface area contributed by atoms with Crippen molar-refractivity contribution in [1.29, 1.82) is 0 Å². The predicted octanol–water partition coefficient (Wildman–Crippen LogP) is 3.13. The van der Waals surface area contributed by atoms with Gasteiger partial charge in [-0.1, -0.05) is 0 Å². The van der Waals surface area contributed by atoms with Crippen LogP contribution >= 0.6 is 0 Å². The number of nitrogens with zero attached hydrogens (tertiary/aromatic N) is 5. The van der Waals surface area contributed by atoms with Crippen molar-refractivity contribution >= 4 is 11.6 Å². The van der Waals surface area contributed by atoms with Crippen molar-refractivity contribution in [3.05, 3.63) is 84.1 Å². The van der Waals surface area contributed by atoms with E-state index in [2.05, 4.69) is 15.0 Å². The van der Waals surface area contributed by atoms with Crippen LogP contribution in [-0.4, -0.2) is 36.7 Å². The minimum atomic E-state index is -0.309. The Bertz CT molecular complexity index is 1190. The Morgan fingerprint density at radius 3 is 2.75 bits per heavy atom. The highest BCUT2D eigenvalue weighted by atomic mass is 19.1. The summed E-state index contributed by atoms with van der Waals surface area (Å²) in [4.78, 5) is 27.7. The highest BCUT2D eigenvalue weighted by Gasteiger charge is 2.31. The lowest BCUT2D eigenvalue weighted by atomic mass is 10.0. The Morgan fingerprint density at radius 1 is 1.04 bits per heavy atom. The average Bonchev–Trinajstić information content (AvgIpc) is 3.27. The van der Waals surface area contributed by atoms with Crippen molar-refractivity contribution < 1.29 is 9.18 Å². The molecule has 28 heavy (non-hydrogen) atoms. The molecule has 0 saturated heterocycles. The fourth-order valence-electron chi connectivity index (χ4n) is 3.61. The molecule has 0 unspecified atom stereocenters. The largest absolute Gasteiger partial charge is 0.332 e. The predicted molar refractivity (Wildman–Crippen MR) is 101 cm³/mol. The summed E-state index contributed by atoms with van der Waals surface area (Å²) in [5, 5.41) is 0. The molecule has 1 amide bonds. The van der Waals surface area contributed by atoms with Crippen LogP contribution in [0.15, 0.2) is 61.3 Å². The molecule has 1 aliphatic heterocycles. The quantitative estimate of drug-likeness (QED) is 0.551. The molecule has 4 aromatic rings. The maximum atomic E-state index is 13.3. The monoisotopic (exact) mass is 373 g/mol. The van der Waals surface area contributed by atoms with E-state index in [1.54, 1.807) is 40.2 Å². The number of pyridine rings is 3. The van der Waals surface area contributed by atoms with Gasteiger partial charge in [0.2, 0.25) is 0 Å². The van der Waals surface area contributed by atoms with Crippen LogP contribution in [0.1, 0.15) is 21.7 Å². The van der Waals surface area contributed by atoms with Crippen molar-refractivity contribution in [2.24, 2.45) is 0 Å². The molecular formula is C21H16FN5O. The van der Waals surface area contributed by atoms with Gasteiger partial charge in [0.1, 0.15) is 11.5 Å². The van der Waals surface area contributed by atoms with Gasteiger partial charge in [0.15, 0.2) is 0 Å². The lowest BCUT2D eigenvalue weighted by Gasteiger charge is -2.14. The molecule has 5 rings (SSSR count). The molecule has 0 aliphatic carbocycles. The number of amides is 1. The van der Waals surface area contributed by atoms with Crippen molar-refractivity contribution in [3.8, 4) is 11.1 Å². The fourth-order valence-corrected chi connectivity index (χ4v) is 3.61. The van der Waals surface area contributed by atoms with Crippen molar-refractivity contribution in [2.75, 3.05) is 6.54 Å². The Balaban J connectivity index is 1.38. The average molecular weight is 373 g/mol. The van der Waals surface area contributed by atoms with Gasteiger partial charge in [-0.15, -0.1) is 0 Å². The summed E-state index contributed by atoms with van der Waals surface area (Å²) in [5.41, 5.74) is 4.78. The lowest BCUT2D eigenvalue weighted by Crippen LogP contribution is -2.26. The molecule has 0 saturated carbocycles.